The third-order valence-electron chi connectivity index (χ3n) is 3.75. The van der Waals surface area contributed by atoms with Crippen LogP contribution in [-0.2, 0) is 11.2 Å². The second kappa shape index (κ2) is 6.68. The maximum absolute atomic E-state index is 12.6. The maximum Gasteiger partial charge on any atom is 0.311 e. The third kappa shape index (κ3) is 3.56. The average Bonchev–Trinajstić information content (AvgIpc) is 3.10. The van der Waals surface area contributed by atoms with Crippen molar-refractivity contribution in [2.75, 3.05) is 5.32 Å². The minimum atomic E-state index is -1.05. The molecule has 2 N–H and O–H groups in total. The van der Waals surface area contributed by atoms with Gasteiger partial charge in [0.15, 0.2) is 0 Å². The Balaban J connectivity index is 1.87. The summed E-state index contributed by atoms with van der Waals surface area (Å²) in [7, 11) is 0. The number of aromatic nitrogens is 1. The zero-order valence-corrected chi connectivity index (χ0v) is 14.9. The number of carboxylic acid groups (broad SMARTS) is 1. The molecular weight excluding hydrogens is 340 g/mol. The van der Waals surface area contributed by atoms with E-state index >= 15 is 0 Å². The number of furan rings is 1. The molecule has 1 aromatic carbocycles. The summed E-state index contributed by atoms with van der Waals surface area (Å²) < 4.78 is 6.21. The van der Waals surface area contributed by atoms with Gasteiger partial charge in [-0.2, -0.15) is 0 Å². The number of amides is 1. The van der Waals surface area contributed by atoms with Gasteiger partial charge in [-0.15, -0.1) is 11.3 Å². The van der Waals surface area contributed by atoms with Gasteiger partial charge in [-0.3, -0.25) is 9.59 Å². The van der Waals surface area contributed by atoms with E-state index in [1.807, 2.05) is 12.1 Å². The molecule has 0 aliphatic heterocycles. The van der Waals surface area contributed by atoms with E-state index in [1.54, 1.807) is 24.3 Å². The van der Waals surface area contributed by atoms with E-state index < -0.39 is 5.97 Å². The number of hydrogen-bond acceptors (Lipinski definition) is 5. The highest BCUT2D eigenvalue weighted by molar-refractivity contribution is 7.18. The van der Waals surface area contributed by atoms with Crippen molar-refractivity contribution in [3.8, 4) is 0 Å². The first kappa shape index (κ1) is 17.2. The Morgan fingerprint density at radius 3 is 2.80 bits per heavy atom. The molecule has 1 amide bonds. The smallest absolute Gasteiger partial charge is 0.311 e. The van der Waals surface area contributed by atoms with Crippen LogP contribution < -0.4 is 5.32 Å². The van der Waals surface area contributed by atoms with Crippen molar-refractivity contribution in [3.05, 3.63) is 46.4 Å². The SMILES string of the molecule is Cc1coc(CC(=O)O)c1C(=O)Nc1ccc2nc(C(C)C)sc2c1. The molecule has 0 radical (unpaired) electrons. The molecule has 7 heteroatoms. The number of fused-ring (bicyclic) bond motifs is 1. The van der Waals surface area contributed by atoms with Gasteiger partial charge in [0.05, 0.1) is 27.1 Å². The Morgan fingerprint density at radius 1 is 1.36 bits per heavy atom. The van der Waals surface area contributed by atoms with Crippen molar-refractivity contribution in [1.29, 1.82) is 0 Å². The van der Waals surface area contributed by atoms with Crippen LogP contribution in [0.1, 0.15) is 46.5 Å². The number of nitrogens with one attached hydrogen (secondary N) is 1. The van der Waals surface area contributed by atoms with Crippen LogP contribution in [0.2, 0.25) is 0 Å². The number of nitrogens with zero attached hydrogens (tertiary/aromatic N) is 1. The van der Waals surface area contributed by atoms with Crippen LogP contribution in [-0.4, -0.2) is 22.0 Å². The van der Waals surface area contributed by atoms with Gasteiger partial charge in [0, 0.05) is 17.2 Å². The Hall–Kier alpha value is -2.67. The molecular formula is C18H18N2O4S. The summed E-state index contributed by atoms with van der Waals surface area (Å²) >= 11 is 1.60. The van der Waals surface area contributed by atoms with Gasteiger partial charge < -0.3 is 14.8 Å². The third-order valence-corrected chi connectivity index (χ3v) is 5.07. The minimum absolute atomic E-state index is 0.156. The quantitative estimate of drug-likeness (QED) is 0.713. The number of carbonyl (C=O) groups excluding carboxylic acids is 1. The first-order valence-corrected chi connectivity index (χ1v) is 8.67. The van der Waals surface area contributed by atoms with Crippen molar-refractivity contribution < 1.29 is 19.1 Å². The molecule has 130 valence electrons. The average molecular weight is 358 g/mol. The number of hydrogen-bond donors (Lipinski definition) is 2. The lowest BCUT2D eigenvalue weighted by atomic mass is 10.1. The molecule has 0 aliphatic rings. The molecule has 0 saturated carbocycles. The van der Waals surface area contributed by atoms with Gasteiger partial charge in [0.1, 0.15) is 12.2 Å². The van der Waals surface area contributed by atoms with Gasteiger partial charge in [0.25, 0.3) is 5.91 Å². The summed E-state index contributed by atoms with van der Waals surface area (Å²) in [5.41, 5.74) is 2.42. The van der Waals surface area contributed by atoms with Gasteiger partial charge in [0.2, 0.25) is 0 Å². The molecule has 0 saturated heterocycles. The van der Waals surface area contributed by atoms with Crippen molar-refractivity contribution in [1.82, 2.24) is 4.98 Å². The Bertz CT molecular complexity index is 955. The molecule has 0 aliphatic carbocycles. The van der Waals surface area contributed by atoms with Gasteiger partial charge in [-0.25, -0.2) is 4.98 Å². The van der Waals surface area contributed by atoms with Crippen LogP contribution in [0.15, 0.2) is 28.9 Å². The standard InChI is InChI=1S/C18H18N2O4S/c1-9(2)18-20-12-5-4-11(6-14(12)25-18)19-17(23)16-10(3)8-24-13(16)7-15(21)22/h4-6,8-9H,7H2,1-3H3,(H,19,23)(H,21,22). The van der Waals surface area contributed by atoms with E-state index in [1.165, 1.54) is 6.26 Å². The summed E-state index contributed by atoms with van der Waals surface area (Å²) in [4.78, 5) is 28.1. The number of rotatable bonds is 5. The number of anilines is 1. The van der Waals surface area contributed by atoms with E-state index in [-0.39, 0.29) is 23.7 Å². The second-order valence-electron chi connectivity index (χ2n) is 6.13. The molecule has 0 bridgehead atoms. The van der Waals surface area contributed by atoms with Crippen molar-refractivity contribution in [3.63, 3.8) is 0 Å². The van der Waals surface area contributed by atoms with Gasteiger partial charge in [-0.05, 0) is 25.1 Å². The molecule has 0 spiro atoms. The van der Waals surface area contributed by atoms with E-state index in [4.69, 9.17) is 9.52 Å². The lowest BCUT2D eigenvalue weighted by molar-refractivity contribution is -0.136. The van der Waals surface area contributed by atoms with Crippen molar-refractivity contribution in [2.24, 2.45) is 0 Å². The molecule has 0 unspecified atom stereocenters. The van der Waals surface area contributed by atoms with Crippen LogP contribution in [0.4, 0.5) is 5.69 Å². The minimum Gasteiger partial charge on any atom is -0.481 e. The van der Waals surface area contributed by atoms with Crippen molar-refractivity contribution in [2.45, 2.75) is 33.1 Å². The second-order valence-corrected chi connectivity index (χ2v) is 7.19. The largest absolute Gasteiger partial charge is 0.481 e. The predicted molar refractivity (Wildman–Crippen MR) is 96.4 cm³/mol. The maximum atomic E-state index is 12.6. The highest BCUT2D eigenvalue weighted by Crippen LogP contribution is 2.29. The molecule has 0 fully saturated rings. The van der Waals surface area contributed by atoms with E-state index in [0.29, 0.717) is 17.2 Å². The molecule has 0 atom stereocenters. The fourth-order valence-corrected chi connectivity index (χ4v) is 3.54. The summed E-state index contributed by atoms with van der Waals surface area (Å²) in [6.07, 6.45) is 1.07. The highest BCUT2D eigenvalue weighted by atomic mass is 32.1. The first-order chi connectivity index (χ1) is 11.8. The van der Waals surface area contributed by atoms with Gasteiger partial charge >= 0.3 is 5.97 Å². The number of carbonyl (C=O) groups is 2. The summed E-state index contributed by atoms with van der Waals surface area (Å²) in [5, 5.41) is 12.8. The molecule has 3 aromatic rings. The van der Waals surface area contributed by atoms with E-state index in [9.17, 15) is 9.59 Å². The Morgan fingerprint density at radius 2 is 2.12 bits per heavy atom. The number of benzene rings is 1. The lowest BCUT2D eigenvalue weighted by Crippen LogP contribution is -2.15. The fourth-order valence-electron chi connectivity index (χ4n) is 2.53. The van der Waals surface area contributed by atoms with Crippen molar-refractivity contribution >= 4 is 39.1 Å². The van der Waals surface area contributed by atoms with Crippen LogP contribution >= 0.6 is 11.3 Å². The zero-order chi connectivity index (χ0) is 18.1. The van der Waals surface area contributed by atoms with Crippen LogP contribution in [0.3, 0.4) is 0 Å². The number of thiazole rings is 1. The van der Waals surface area contributed by atoms with Gasteiger partial charge in [-0.1, -0.05) is 13.8 Å². The molecule has 2 aromatic heterocycles. The van der Waals surface area contributed by atoms with E-state index in [0.717, 1.165) is 15.2 Å². The predicted octanol–water partition coefficient (Wildman–Crippen LogP) is 4.20. The molecule has 3 rings (SSSR count). The normalized spacial score (nSPS) is 11.2. The molecule has 25 heavy (non-hydrogen) atoms. The number of aliphatic carboxylic acids is 1. The number of aryl methyl sites for hydroxylation is 1. The molecule has 6 nitrogen and oxygen atoms in total. The zero-order valence-electron chi connectivity index (χ0n) is 14.1. The van der Waals surface area contributed by atoms with Crippen LogP contribution in [0.5, 0.6) is 0 Å². The van der Waals surface area contributed by atoms with Crippen LogP contribution in [0, 0.1) is 6.92 Å². The first-order valence-electron chi connectivity index (χ1n) is 7.85. The molecule has 2 heterocycles. The highest BCUT2D eigenvalue weighted by Gasteiger charge is 2.21. The van der Waals surface area contributed by atoms with Crippen LogP contribution in [0.25, 0.3) is 10.2 Å². The fraction of sp³-hybridized carbons (Fsp3) is 0.278. The Kier molecular flexibility index (Phi) is 4.59. The summed E-state index contributed by atoms with van der Waals surface area (Å²) in [5.74, 6) is -0.919. The summed E-state index contributed by atoms with van der Waals surface area (Å²) in [6.45, 7) is 5.89. The monoisotopic (exact) mass is 358 g/mol. The Labute approximate surface area is 148 Å². The summed E-state index contributed by atoms with van der Waals surface area (Å²) in [6, 6.07) is 5.53. The number of carboxylic acids is 1. The van der Waals surface area contributed by atoms with E-state index in [2.05, 4.69) is 24.1 Å². The lowest BCUT2D eigenvalue weighted by Gasteiger charge is -2.06. The topological polar surface area (TPSA) is 92.4 Å².